The van der Waals surface area contributed by atoms with Gasteiger partial charge in [0.15, 0.2) is 5.28 Å². The van der Waals surface area contributed by atoms with Gasteiger partial charge in [-0.25, -0.2) is 4.90 Å². The van der Waals surface area contributed by atoms with Gasteiger partial charge in [0.1, 0.15) is 5.75 Å². The number of fused-ring (bicyclic) bond motifs is 1. The predicted molar refractivity (Wildman–Crippen MR) is 120 cm³/mol. The van der Waals surface area contributed by atoms with E-state index < -0.39 is 36.5 Å². The van der Waals surface area contributed by atoms with Gasteiger partial charge in [0.2, 0.25) is 11.8 Å². The standard InChI is InChI=1S/C23H25N2O6P/c1-4-30-32(28,31-5-2)23(16-11-13-18(29-3)14-12-16)20-19(15-24-23)21(26)25(22(20)27)17-9-7-6-8-10-17/h6-15,19-20H,4-5H2,1-3H3/t19-,20+,23+/m1/s1. The normalized spacial score (nSPS) is 24.8. The maximum atomic E-state index is 14.3. The first kappa shape index (κ1) is 22.4. The summed E-state index contributed by atoms with van der Waals surface area (Å²) >= 11 is 0. The van der Waals surface area contributed by atoms with E-state index in [9.17, 15) is 14.2 Å². The number of hydrogen-bond acceptors (Lipinski definition) is 7. The van der Waals surface area contributed by atoms with Crippen molar-refractivity contribution in [3.8, 4) is 5.75 Å². The largest absolute Gasteiger partial charge is 0.497 e. The van der Waals surface area contributed by atoms with Gasteiger partial charge < -0.3 is 13.8 Å². The molecule has 0 spiro atoms. The van der Waals surface area contributed by atoms with Crippen molar-refractivity contribution in [1.29, 1.82) is 0 Å². The van der Waals surface area contributed by atoms with E-state index in [4.69, 9.17) is 13.8 Å². The topological polar surface area (TPSA) is 94.5 Å². The molecule has 4 rings (SSSR count). The average molecular weight is 456 g/mol. The lowest BCUT2D eigenvalue weighted by Crippen LogP contribution is -2.40. The number of ether oxygens (including phenoxy) is 1. The fraction of sp³-hybridized carbons (Fsp3) is 0.348. The lowest BCUT2D eigenvalue weighted by molar-refractivity contribution is -0.123. The number of benzene rings is 2. The van der Waals surface area contributed by atoms with E-state index >= 15 is 0 Å². The first-order valence-electron chi connectivity index (χ1n) is 10.5. The Labute approximate surface area is 186 Å². The molecular weight excluding hydrogens is 431 g/mol. The summed E-state index contributed by atoms with van der Waals surface area (Å²) < 4.78 is 30.9. The molecular formula is C23H25N2O6P. The number of methoxy groups -OCH3 is 1. The second kappa shape index (κ2) is 8.62. The first-order valence-corrected chi connectivity index (χ1v) is 12.0. The SMILES string of the molecule is CCOP(=O)(OCC)[C@]1(c2ccc(OC)cc2)N=C[C@H]2C(=O)N(c3ccccc3)C(=O)[C@H]21. The number of carbonyl (C=O) groups excluding carboxylic acids is 2. The van der Waals surface area contributed by atoms with Crippen LogP contribution in [0.1, 0.15) is 19.4 Å². The lowest BCUT2D eigenvalue weighted by Gasteiger charge is -2.37. The molecule has 1 saturated heterocycles. The second-order valence-electron chi connectivity index (χ2n) is 7.42. The smallest absolute Gasteiger partial charge is 0.363 e. The van der Waals surface area contributed by atoms with Gasteiger partial charge in [-0.3, -0.25) is 19.1 Å². The van der Waals surface area contributed by atoms with Crippen LogP contribution in [0.4, 0.5) is 5.69 Å². The molecule has 2 aromatic carbocycles. The highest BCUT2D eigenvalue weighted by atomic mass is 31.2. The predicted octanol–water partition coefficient (Wildman–Crippen LogP) is 4.00. The van der Waals surface area contributed by atoms with Crippen molar-refractivity contribution in [2.75, 3.05) is 25.2 Å². The number of aliphatic imine (C=N–C) groups is 1. The van der Waals surface area contributed by atoms with E-state index in [0.29, 0.717) is 17.0 Å². The van der Waals surface area contributed by atoms with Gasteiger partial charge in [-0.2, -0.15) is 0 Å². The molecule has 0 radical (unpaired) electrons. The molecule has 2 aliphatic rings. The highest BCUT2D eigenvalue weighted by molar-refractivity contribution is 7.55. The van der Waals surface area contributed by atoms with Crippen LogP contribution < -0.4 is 9.64 Å². The molecule has 8 nitrogen and oxygen atoms in total. The summed E-state index contributed by atoms with van der Waals surface area (Å²) in [6.07, 6.45) is 1.42. The number of rotatable bonds is 8. The van der Waals surface area contributed by atoms with Crippen molar-refractivity contribution in [1.82, 2.24) is 0 Å². The van der Waals surface area contributed by atoms with Crippen LogP contribution in [0.25, 0.3) is 0 Å². The fourth-order valence-electron chi connectivity index (χ4n) is 4.43. The number of nitrogens with zero attached hydrogens (tertiary/aromatic N) is 2. The Balaban J connectivity index is 1.91. The molecule has 2 heterocycles. The molecule has 2 aromatic rings. The Bertz CT molecular complexity index is 1080. The number of anilines is 1. The van der Waals surface area contributed by atoms with Gasteiger partial charge in [0, 0.05) is 6.21 Å². The Kier molecular flexibility index (Phi) is 6.03. The van der Waals surface area contributed by atoms with Crippen LogP contribution in [-0.4, -0.2) is 38.4 Å². The number of para-hydroxylation sites is 1. The summed E-state index contributed by atoms with van der Waals surface area (Å²) in [7, 11) is -2.50. The van der Waals surface area contributed by atoms with Crippen LogP contribution in [0.2, 0.25) is 0 Å². The molecule has 3 atom stereocenters. The molecule has 0 aromatic heterocycles. The minimum Gasteiger partial charge on any atom is -0.497 e. The van der Waals surface area contributed by atoms with Crippen LogP contribution >= 0.6 is 7.60 Å². The zero-order chi connectivity index (χ0) is 22.9. The number of amides is 2. The summed E-state index contributed by atoms with van der Waals surface area (Å²) in [4.78, 5) is 32.7. The summed E-state index contributed by atoms with van der Waals surface area (Å²) in [5, 5.41) is -1.69. The number of hydrogen-bond donors (Lipinski definition) is 0. The molecule has 9 heteroatoms. The van der Waals surface area contributed by atoms with Crippen LogP contribution in [-0.2, 0) is 28.5 Å². The molecule has 0 N–H and O–H groups in total. The summed E-state index contributed by atoms with van der Waals surface area (Å²) in [6.45, 7) is 3.57. The molecule has 0 saturated carbocycles. The molecule has 1 fully saturated rings. The van der Waals surface area contributed by atoms with Crippen molar-refractivity contribution in [3.05, 3.63) is 60.2 Å². The van der Waals surface area contributed by atoms with Gasteiger partial charge in [-0.1, -0.05) is 30.3 Å². The van der Waals surface area contributed by atoms with Gasteiger partial charge in [-0.15, -0.1) is 0 Å². The minimum absolute atomic E-state index is 0.0899. The van der Waals surface area contributed by atoms with Crippen molar-refractivity contribution < 1.29 is 27.9 Å². The molecule has 0 bridgehead atoms. The maximum absolute atomic E-state index is 14.3. The van der Waals surface area contributed by atoms with E-state index in [1.165, 1.54) is 13.3 Å². The average Bonchev–Trinajstić information content (AvgIpc) is 3.32. The minimum atomic E-state index is -4.03. The van der Waals surface area contributed by atoms with Gasteiger partial charge in [-0.05, 0) is 43.7 Å². The Morgan fingerprint density at radius 3 is 2.16 bits per heavy atom. The number of carbonyl (C=O) groups is 2. The summed E-state index contributed by atoms with van der Waals surface area (Å²) in [6, 6.07) is 15.4. The second-order valence-corrected chi connectivity index (χ2v) is 9.61. The highest BCUT2D eigenvalue weighted by Gasteiger charge is 2.69. The van der Waals surface area contributed by atoms with Crippen molar-refractivity contribution in [2.24, 2.45) is 16.8 Å². The van der Waals surface area contributed by atoms with E-state index in [0.717, 1.165) is 4.90 Å². The van der Waals surface area contributed by atoms with Crippen molar-refractivity contribution in [2.45, 2.75) is 19.1 Å². The lowest BCUT2D eigenvalue weighted by atomic mass is 9.87. The van der Waals surface area contributed by atoms with Gasteiger partial charge in [0.05, 0.1) is 37.8 Å². The molecule has 2 aliphatic heterocycles. The monoisotopic (exact) mass is 456 g/mol. The highest BCUT2D eigenvalue weighted by Crippen LogP contribution is 2.72. The summed E-state index contributed by atoms with van der Waals surface area (Å²) in [5.74, 6) is -2.25. The number of imide groups is 1. The molecule has 0 aliphatic carbocycles. The molecule has 168 valence electrons. The Morgan fingerprint density at radius 1 is 0.969 bits per heavy atom. The zero-order valence-electron chi connectivity index (χ0n) is 18.1. The third-order valence-electron chi connectivity index (χ3n) is 5.76. The Morgan fingerprint density at radius 2 is 1.59 bits per heavy atom. The quantitative estimate of drug-likeness (QED) is 0.440. The third kappa shape index (κ3) is 3.22. The summed E-state index contributed by atoms with van der Waals surface area (Å²) in [5.41, 5.74) is 0.917. The van der Waals surface area contributed by atoms with E-state index in [-0.39, 0.29) is 13.2 Å². The van der Waals surface area contributed by atoms with E-state index in [1.807, 2.05) is 0 Å². The van der Waals surface area contributed by atoms with Crippen LogP contribution in [0.5, 0.6) is 5.75 Å². The molecule has 2 amide bonds. The van der Waals surface area contributed by atoms with E-state index in [2.05, 4.69) is 4.99 Å². The van der Waals surface area contributed by atoms with E-state index in [1.54, 1.807) is 68.4 Å². The van der Waals surface area contributed by atoms with Gasteiger partial charge in [0.25, 0.3) is 0 Å². The Hall–Kier alpha value is -2.80. The third-order valence-corrected chi connectivity index (χ3v) is 8.44. The zero-order valence-corrected chi connectivity index (χ0v) is 19.0. The fourth-order valence-corrected chi connectivity index (χ4v) is 6.87. The first-order chi connectivity index (χ1) is 15.4. The van der Waals surface area contributed by atoms with Crippen LogP contribution in [0.3, 0.4) is 0 Å². The maximum Gasteiger partial charge on any atom is 0.363 e. The van der Waals surface area contributed by atoms with Crippen LogP contribution in [0.15, 0.2) is 59.6 Å². The molecule has 32 heavy (non-hydrogen) atoms. The van der Waals surface area contributed by atoms with Gasteiger partial charge >= 0.3 is 7.60 Å². The molecule has 0 unspecified atom stereocenters. The van der Waals surface area contributed by atoms with Crippen LogP contribution in [0, 0.1) is 11.8 Å². The van der Waals surface area contributed by atoms with Crippen molar-refractivity contribution in [3.63, 3.8) is 0 Å². The van der Waals surface area contributed by atoms with Crippen molar-refractivity contribution >= 4 is 31.3 Å².